The maximum Gasteiger partial charge on any atom is 0.0524 e. The van der Waals surface area contributed by atoms with Crippen LogP contribution in [0.1, 0.15) is 36.4 Å². The Labute approximate surface area is 85.5 Å². The Balaban J connectivity index is 2.01. The van der Waals surface area contributed by atoms with Crippen molar-refractivity contribution in [3.63, 3.8) is 0 Å². The highest BCUT2D eigenvalue weighted by molar-refractivity contribution is 5.25. The molecule has 0 aliphatic heterocycles. The summed E-state index contributed by atoms with van der Waals surface area (Å²) in [5, 5.41) is 7.53. The van der Waals surface area contributed by atoms with Crippen LogP contribution in [0.4, 0.5) is 0 Å². The molecular weight excluding hydrogens is 174 g/mol. The van der Waals surface area contributed by atoms with Gasteiger partial charge in [0.25, 0.3) is 0 Å². The Kier molecular flexibility index (Phi) is 2.87. The summed E-state index contributed by atoms with van der Waals surface area (Å²) in [6.07, 6.45) is 7.14. The van der Waals surface area contributed by atoms with E-state index >= 15 is 0 Å². The van der Waals surface area contributed by atoms with Gasteiger partial charge in [-0.25, -0.2) is 0 Å². The summed E-state index contributed by atoms with van der Waals surface area (Å²) in [6, 6.07) is 0. The minimum absolute atomic E-state index is 0.812. The summed E-state index contributed by atoms with van der Waals surface area (Å²) < 4.78 is 2.06. The van der Waals surface area contributed by atoms with E-state index in [1.54, 1.807) is 0 Å². The fraction of sp³-hybridized carbons (Fsp3) is 0.727. The molecule has 1 N–H and O–H groups in total. The number of aryl methyl sites for hydroxylation is 2. The van der Waals surface area contributed by atoms with Crippen molar-refractivity contribution in [2.24, 2.45) is 7.05 Å². The Hall–Kier alpha value is -0.830. The smallest absolute Gasteiger partial charge is 0.0524 e. The summed E-state index contributed by atoms with van der Waals surface area (Å²) in [5.74, 6) is 0.812. The van der Waals surface area contributed by atoms with Crippen molar-refractivity contribution in [2.75, 3.05) is 13.6 Å². The van der Waals surface area contributed by atoms with Crippen molar-refractivity contribution in [2.45, 2.75) is 31.6 Å². The second-order valence-electron chi connectivity index (χ2n) is 4.16. The first kappa shape index (κ1) is 9.71. The van der Waals surface area contributed by atoms with Crippen LogP contribution in [0.2, 0.25) is 0 Å². The van der Waals surface area contributed by atoms with Gasteiger partial charge in [-0.3, -0.25) is 4.68 Å². The topological polar surface area (TPSA) is 29.9 Å². The average Bonchev–Trinajstić information content (AvgIpc) is 2.93. The molecule has 0 aromatic carbocycles. The molecule has 14 heavy (non-hydrogen) atoms. The zero-order chi connectivity index (χ0) is 9.97. The predicted octanol–water partition coefficient (Wildman–Crippen LogP) is 1.45. The quantitative estimate of drug-likeness (QED) is 0.717. The Morgan fingerprint density at radius 2 is 2.36 bits per heavy atom. The minimum atomic E-state index is 0.812. The van der Waals surface area contributed by atoms with Crippen LogP contribution < -0.4 is 5.32 Å². The molecule has 0 unspecified atom stereocenters. The summed E-state index contributed by atoms with van der Waals surface area (Å²) in [5.41, 5.74) is 2.95. The van der Waals surface area contributed by atoms with Crippen LogP contribution in [-0.4, -0.2) is 23.4 Å². The van der Waals surface area contributed by atoms with E-state index in [0.29, 0.717) is 0 Å². The van der Waals surface area contributed by atoms with E-state index in [4.69, 9.17) is 0 Å². The van der Waals surface area contributed by atoms with Crippen molar-refractivity contribution >= 4 is 0 Å². The van der Waals surface area contributed by atoms with Crippen molar-refractivity contribution < 1.29 is 0 Å². The van der Waals surface area contributed by atoms with Gasteiger partial charge in [0.2, 0.25) is 0 Å². The van der Waals surface area contributed by atoms with Gasteiger partial charge in [-0.2, -0.15) is 5.10 Å². The van der Waals surface area contributed by atoms with E-state index in [9.17, 15) is 0 Å². The van der Waals surface area contributed by atoms with Crippen molar-refractivity contribution in [1.29, 1.82) is 0 Å². The molecule has 1 heterocycles. The second kappa shape index (κ2) is 4.13. The van der Waals surface area contributed by atoms with Gasteiger partial charge in [-0.05, 0) is 44.8 Å². The monoisotopic (exact) mass is 193 g/mol. The molecule has 2 rings (SSSR count). The van der Waals surface area contributed by atoms with Crippen LogP contribution in [0.25, 0.3) is 0 Å². The van der Waals surface area contributed by atoms with Crippen molar-refractivity contribution in [1.82, 2.24) is 15.1 Å². The number of aromatic nitrogens is 2. The van der Waals surface area contributed by atoms with E-state index < -0.39 is 0 Å². The van der Waals surface area contributed by atoms with E-state index in [-0.39, 0.29) is 0 Å². The number of hydrogen-bond acceptors (Lipinski definition) is 2. The first-order valence-electron chi connectivity index (χ1n) is 5.48. The maximum absolute atomic E-state index is 4.35. The molecular formula is C11H19N3. The SMILES string of the molecule is CNCCCc1cnn(C)c1C1CC1. The lowest BCUT2D eigenvalue weighted by Gasteiger charge is -2.04. The third-order valence-corrected chi connectivity index (χ3v) is 2.90. The van der Waals surface area contributed by atoms with Gasteiger partial charge in [-0.1, -0.05) is 0 Å². The van der Waals surface area contributed by atoms with Crippen LogP contribution in [0.15, 0.2) is 6.20 Å². The molecule has 3 heteroatoms. The molecule has 1 saturated carbocycles. The van der Waals surface area contributed by atoms with Gasteiger partial charge >= 0.3 is 0 Å². The fourth-order valence-corrected chi connectivity index (χ4v) is 2.02. The maximum atomic E-state index is 4.35. The van der Waals surface area contributed by atoms with Gasteiger partial charge in [0.05, 0.1) is 6.20 Å². The third-order valence-electron chi connectivity index (χ3n) is 2.90. The molecule has 1 fully saturated rings. The molecule has 1 aliphatic rings. The van der Waals surface area contributed by atoms with E-state index in [2.05, 4.69) is 22.1 Å². The molecule has 0 bridgehead atoms. The van der Waals surface area contributed by atoms with Crippen molar-refractivity contribution in [3.8, 4) is 0 Å². The van der Waals surface area contributed by atoms with Crippen LogP contribution in [-0.2, 0) is 13.5 Å². The number of hydrogen-bond donors (Lipinski definition) is 1. The van der Waals surface area contributed by atoms with Crippen molar-refractivity contribution in [3.05, 3.63) is 17.5 Å². The number of nitrogens with one attached hydrogen (secondary N) is 1. The molecule has 0 saturated heterocycles. The first-order valence-corrected chi connectivity index (χ1v) is 5.48. The van der Waals surface area contributed by atoms with E-state index in [1.165, 1.54) is 36.9 Å². The highest BCUT2D eigenvalue weighted by atomic mass is 15.3. The third kappa shape index (κ3) is 1.98. The number of nitrogens with zero attached hydrogens (tertiary/aromatic N) is 2. The molecule has 0 radical (unpaired) electrons. The second-order valence-corrected chi connectivity index (χ2v) is 4.16. The lowest BCUT2D eigenvalue weighted by molar-refractivity contribution is 0.696. The normalized spacial score (nSPS) is 16.1. The minimum Gasteiger partial charge on any atom is -0.320 e. The van der Waals surface area contributed by atoms with E-state index in [0.717, 1.165) is 12.5 Å². The fourth-order valence-electron chi connectivity index (χ4n) is 2.02. The van der Waals surface area contributed by atoms with Gasteiger partial charge in [0.1, 0.15) is 0 Å². The lowest BCUT2D eigenvalue weighted by atomic mass is 10.1. The molecule has 78 valence electrons. The van der Waals surface area contributed by atoms with E-state index in [1.807, 2.05) is 13.2 Å². The van der Waals surface area contributed by atoms with Gasteiger partial charge in [0, 0.05) is 18.7 Å². The summed E-state index contributed by atoms with van der Waals surface area (Å²) in [7, 11) is 4.07. The summed E-state index contributed by atoms with van der Waals surface area (Å²) in [6.45, 7) is 1.10. The van der Waals surface area contributed by atoms with Gasteiger partial charge in [0.15, 0.2) is 0 Å². The Morgan fingerprint density at radius 3 is 3.00 bits per heavy atom. The molecule has 3 nitrogen and oxygen atoms in total. The van der Waals surface area contributed by atoms with Gasteiger partial charge < -0.3 is 5.32 Å². The molecule has 0 amide bonds. The zero-order valence-corrected chi connectivity index (χ0v) is 9.08. The zero-order valence-electron chi connectivity index (χ0n) is 9.08. The largest absolute Gasteiger partial charge is 0.320 e. The summed E-state index contributed by atoms with van der Waals surface area (Å²) >= 11 is 0. The Morgan fingerprint density at radius 1 is 1.57 bits per heavy atom. The Bertz CT molecular complexity index is 299. The van der Waals surface area contributed by atoms with Crippen LogP contribution in [0, 0.1) is 0 Å². The number of rotatable bonds is 5. The average molecular weight is 193 g/mol. The highest BCUT2D eigenvalue weighted by Gasteiger charge is 2.28. The first-order chi connectivity index (χ1) is 6.83. The molecule has 1 aromatic heterocycles. The molecule has 0 spiro atoms. The standard InChI is InChI=1S/C11H19N3/c1-12-7-3-4-10-8-13-14(2)11(10)9-5-6-9/h8-9,12H,3-7H2,1-2H3. The molecule has 1 aliphatic carbocycles. The lowest BCUT2D eigenvalue weighted by Crippen LogP contribution is -2.09. The summed E-state index contributed by atoms with van der Waals surface area (Å²) in [4.78, 5) is 0. The predicted molar refractivity (Wildman–Crippen MR) is 57.4 cm³/mol. The van der Waals surface area contributed by atoms with Crippen LogP contribution >= 0.6 is 0 Å². The van der Waals surface area contributed by atoms with Gasteiger partial charge in [-0.15, -0.1) is 0 Å². The van der Waals surface area contributed by atoms with Crippen LogP contribution in [0.5, 0.6) is 0 Å². The van der Waals surface area contributed by atoms with Crippen LogP contribution in [0.3, 0.4) is 0 Å². The molecule has 0 atom stereocenters. The highest BCUT2D eigenvalue weighted by Crippen LogP contribution is 2.41. The molecule has 1 aromatic rings.